The number of morpholine rings is 1. The number of nitrogens with one attached hydrogen (secondary N) is 1. The Balaban J connectivity index is 0. The smallest absolute Gasteiger partial charge is 0.376 e. The van der Waals surface area contributed by atoms with E-state index in [0.29, 0.717) is 6.10 Å². The number of nitriles is 1. The molecule has 1 unspecified atom stereocenters. The molecule has 0 amide bonds. The lowest BCUT2D eigenvalue weighted by molar-refractivity contribution is 0.0410. The van der Waals surface area contributed by atoms with E-state index in [0.717, 1.165) is 26.8 Å². The molecule has 0 radical (unpaired) electrons. The van der Waals surface area contributed by atoms with Crippen LogP contribution in [0.3, 0.4) is 0 Å². The molecule has 0 aromatic carbocycles. The van der Waals surface area contributed by atoms with E-state index in [1.807, 2.05) is 0 Å². The molecule has 1 saturated heterocycles. The summed E-state index contributed by atoms with van der Waals surface area (Å²) in [5.41, 5.74) is 0. The number of rotatable bonds is 1. The van der Waals surface area contributed by atoms with Gasteiger partial charge in [0, 0.05) is 20.0 Å². The molecule has 1 aliphatic heterocycles. The van der Waals surface area contributed by atoms with Gasteiger partial charge in [-0.25, -0.2) is 0 Å². The zero-order valence-corrected chi connectivity index (χ0v) is 10.5. The Hall–Kier alpha value is -0.720. The van der Waals surface area contributed by atoms with Gasteiger partial charge >= 0.3 is 10.4 Å². The van der Waals surface area contributed by atoms with Crippen molar-refractivity contribution in [1.82, 2.24) is 5.32 Å². The minimum Gasteiger partial charge on any atom is -0.376 e. The third-order valence-electron chi connectivity index (χ3n) is 1.32. The molecule has 0 saturated carbocycles. The predicted octanol–water partition coefficient (Wildman–Crippen LogP) is -0.0398. The summed E-state index contributed by atoms with van der Waals surface area (Å²) in [7, 11) is -3.29. The second-order valence-corrected chi connectivity index (χ2v) is 3.89. The summed E-state index contributed by atoms with van der Waals surface area (Å²) in [4.78, 5) is 0. The van der Waals surface area contributed by atoms with Crippen molar-refractivity contribution in [1.29, 1.82) is 5.26 Å². The summed E-state index contributed by atoms with van der Waals surface area (Å²) in [6, 6.07) is 1.75. The molecule has 1 aliphatic rings. The Bertz CT molecular complexity index is 279. The highest BCUT2D eigenvalue weighted by Crippen LogP contribution is 1.91. The van der Waals surface area contributed by atoms with Gasteiger partial charge in [0.25, 0.3) is 0 Å². The van der Waals surface area contributed by atoms with Gasteiger partial charge in [-0.2, -0.15) is 13.7 Å². The van der Waals surface area contributed by atoms with Crippen LogP contribution in [0.1, 0.15) is 13.8 Å². The predicted molar refractivity (Wildman–Crippen MR) is 58.1 cm³/mol. The molecule has 1 rings (SSSR count). The van der Waals surface area contributed by atoms with E-state index >= 15 is 0 Å². The lowest BCUT2D eigenvalue weighted by Gasteiger charge is -2.18. The fraction of sp³-hybridized carbons (Fsp3) is 0.875. The summed E-state index contributed by atoms with van der Waals surface area (Å²) in [5, 5.41) is 10.5. The first-order valence-electron chi connectivity index (χ1n) is 4.53. The van der Waals surface area contributed by atoms with Crippen LogP contribution in [0, 0.1) is 11.3 Å². The van der Waals surface area contributed by atoms with Crippen LogP contribution in [0.4, 0.5) is 0 Å². The van der Waals surface area contributed by atoms with Crippen LogP contribution in [0.25, 0.3) is 0 Å². The van der Waals surface area contributed by atoms with Crippen LogP contribution in [-0.4, -0.2) is 45.9 Å². The van der Waals surface area contributed by atoms with E-state index < -0.39 is 10.4 Å². The lowest BCUT2D eigenvalue weighted by Crippen LogP contribution is -2.36. The van der Waals surface area contributed by atoms with Gasteiger partial charge in [-0.15, -0.1) is 0 Å². The van der Waals surface area contributed by atoms with Crippen molar-refractivity contribution >= 4 is 10.4 Å². The van der Waals surface area contributed by atoms with Crippen molar-refractivity contribution in [2.45, 2.75) is 20.0 Å². The van der Waals surface area contributed by atoms with Gasteiger partial charge in [0.15, 0.2) is 0 Å². The molecule has 2 N–H and O–H groups in total. The van der Waals surface area contributed by atoms with Gasteiger partial charge in [-0.3, -0.25) is 8.74 Å². The van der Waals surface area contributed by atoms with E-state index in [1.165, 1.54) is 6.92 Å². The zero-order chi connectivity index (χ0) is 13.0. The molecule has 96 valence electrons. The molecule has 7 nitrogen and oxygen atoms in total. The van der Waals surface area contributed by atoms with Crippen molar-refractivity contribution in [3.63, 3.8) is 0 Å². The fourth-order valence-corrected chi connectivity index (χ4v) is 0.697. The molecule has 0 bridgehead atoms. The summed E-state index contributed by atoms with van der Waals surface area (Å²) in [5.74, 6) is 0. The van der Waals surface area contributed by atoms with E-state index in [4.69, 9.17) is 14.6 Å². The minimum absolute atomic E-state index is 0.425. The first-order valence-corrected chi connectivity index (χ1v) is 5.90. The number of hydrogen-bond donors (Lipinski definition) is 2. The average Bonchev–Trinajstić information content (AvgIpc) is 2.20. The van der Waals surface area contributed by atoms with E-state index in [1.54, 1.807) is 6.07 Å². The molecule has 0 aliphatic carbocycles. The van der Waals surface area contributed by atoms with Gasteiger partial charge in [0.1, 0.15) is 0 Å². The van der Waals surface area contributed by atoms with Crippen molar-refractivity contribution in [2.75, 3.05) is 26.8 Å². The summed E-state index contributed by atoms with van der Waals surface area (Å²) in [6.07, 6.45) is 0.425. The molecule has 1 fully saturated rings. The van der Waals surface area contributed by atoms with Gasteiger partial charge in [0.05, 0.1) is 25.9 Å². The Morgan fingerprint density at radius 1 is 1.62 bits per heavy atom. The summed E-state index contributed by atoms with van der Waals surface area (Å²) < 4.78 is 34.9. The molecule has 0 aromatic rings. The van der Waals surface area contributed by atoms with Crippen molar-refractivity contribution in [3.8, 4) is 6.07 Å². The molecule has 1 heterocycles. The highest BCUT2D eigenvalue weighted by atomic mass is 32.3. The quantitative estimate of drug-likeness (QED) is 0.632. The van der Waals surface area contributed by atoms with Crippen LogP contribution in [0.15, 0.2) is 0 Å². The standard InChI is InChI=1S/C5H11NO.C2H3N.CH4O4S/c1-5-4-6-2-3-7-5;1-2-3;1-5-6(2,3)4/h5-6H,2-4H2,1H3;1H3;1H3,(H,2,3,4). The van der Waals surface area contributed by atoms with Crippen molar-refractivity contribution < 1.29 is 21.9 Å². The topological polar surface area (TPSA) is 109 Å². The second-order valence-electron chi connectivity index (χ2n) is 2.70. The monoisotopic (exact) mass is 254 g/mol. The van der Waals surface area contributed by atoms with Crippen LogP contribution in [0.5, 0.6) is 0 Å². The van der Waals surface area contributed by atoms with Crippen LogP contribution >= 0.6 is 0 Å². The van der Waals surface area contributed by atoms with Crippen LogP contribution in [0.2, 0.25) is 0 Å². The highest BCUT2D eigenvalue weighted by Gasteiger charge is 2.04. The first-order chi connectivity index (χ1) is 7.37. The molecule has 0 aromatic heterocycles. The minimum atomic E-state index is -4.16. The van der Waals surface area contributed by atoms with Gasteiger partial charge in [-0.05, 0) is 6.92 Å². The molecule has 0 spiro atoms. The largest absolute Gasteiger partial charge is 0.397 e. The maximum absolute atomic E-state index is 9.33. The number of ether oxygens (including phenoxy) is 1. The number of nitrogens with zero attached hydrogens (tertiary/aromatic N) is 1. The first kappa shape index (κ1) is 17.7. The normalized spacial score (nSPS) is 19.3. The average molecular weight is 254 g/mol. The molecule has 1 atom stereocenters. The maximum Gasteiger partial charge on any atom is 0.397 e. The SMILES string of the molecule is CC#N.CC1CNCCO1.COS(=O)(=O)O. The Kier molecular flexibility index (Phi) is 11.9. The molecule has 8 heteroatoms. The van der Waals surface area contributed by atoms with Crippen molar-refractivity contribution in [2.24, 2.45) is 0 Å². The van der Waals surface area contributed by atoms with E-state index in [9.17, 15) is 8.42 Å². The lowest BCUT2D eigenvalue weighted by atomic mass is 10.3. The van der Waals surface area contributed by atoms with Gasteiger partial charge in [0.2, 0.25) is 0 Å². The third-order valence-corrected chi connectivity index (χ3v) is 1.74. The molecular formula is C8H18N2O5S. The number of hydrogen-bond acceptors (Lipinski definition) is 6. The molecule has 16 heavy (non-hydrogen) atoms. The summed E-state index contributed by atoms with van der Waals surface area (Å²) >= 11 is 0. The second kappa shape index (κ2) is 10.8. The zero-order valence-electron chi connectivity index (χ0n) is 9.63. The van der Waals surface area contributed by atoms with E-state index in [-0.39, 0.29) is 0 Å². The fourth-order valence-electron chi connectivity index (χ4n) is 0.697. The Morgan fingerprint density at radius 3 is 2.19 bits per heavy atom. The summed E-state index contributed by atoms with van der Waals surface area (Å²) in [6.45, 7) is 6.41. The van der Waals surface area contributed by atoms with Gasteiger partial charge < -0.3 is 10.1 Å². The van der Waals surface area contributed by atoms with Crippen molar-refractivity contribution in [3.05, 3.63) is 0 Å². The molecular weight excluding hydrogens is 236 g/mol. The van der Waals surface area contributed by atoms with Crippen LogP contribution in [-0.2, 0) is 19.3 Å². The van der Waals surface area contributed by atoms with Crippen LogP contribution < -0.4 is 5.32 Å². The Morgan fingerprint density at radius 2 is 2.06 bits per heavy atom. The Labute approximate surface area is 96.3 Å². The maximum atomic E-state index is 9.33. The third kappa shape index (κ3) is 18.9. The van der Waals surface area contributed by atoms with E-state index in [2.05, 4.69) is 16.4 Å². The highest BCUT2D eigenvalue weighted by molar-refractivity contribution is 7.80. The van der Waals surface area contributed by atoms with Gasteiger partial charge in [-0.1, -0.05) is 0 Å².